The summed E-state index contributed by atoms with van der Waals surface area (Å²) in [7, 11) is 0. The highest BCUT2D eigenvalue weighted by Crippen LogP contribution is 1.82. The van der Waals surface area contributed by atoms with Crippen molar-refractivity contribution in [2.75, 3.05) is 19.0 Å². The molecule has 0 saturated heterocycles. The molecule has 0 aromatic carbocycles. The van der Waals surface area contributed by atoms with Gasteiger partial charge >= 0.3 is 6.03 Å². The second-order valence-corrected chi connectivity index (χ2v) is 2.46. The van der Waals surface area contributed by atoms with E-state index >= 15 is 0 Å². The second-order valence-electron chi connectivity index (χ2n) is 2.08. The van der Waals surface area contributed by atoms with Gasteiger partial charge in [0.15, 0.2) is 0 Å². The second kappa shape index (κ2) is 6.72. The molecule has 0 rings (SSSR count). The van der Waals surface area contributed by atoms with Crippen molar-refractivity contribution in [2.45, 2.75) is 6.42 Å². The van der Waals surface area contributed by atoms with Crippen LogP contribution in [0.4, 0.5) is 4.79 Å². The number of carbonyl (C=O) groups is 2. The topological polar surface area (TPSA) is 84.2 Å². The van der Waals surface area contributed by atoms with E-state index in [0.29, 0.717) is 19.0 Å². The molecule has 0 saturated carbocycles. The fraction of sp³-hybridized carbons (Fsp3) is 0.667. The Morgan fingerprint density at radius 1 is 1.25 bits per heavy atom. The van der Waals surface area contributed by atoms with Crippen LogP contribution < -0.4 is 16.4 Å². The Hall–Kier alpha value is -0.970. The van der Waals surface area contributed by atoms with Crippen molar-refractivity contribution in [2.24, 2.45) is 5.73 Å². The van der Waals surface area contributed by atoms with Gasteiger partial charge < -0.3 is 16.4 Å². The van der Waals surface area contributed by atoms with E-state index in [1.54, 1.807) is 0 Å². The predicted molar refractivity (Wildman–Crippen MR) is 45.9 cm³/mol. The molecule has 0 aromatic rings. The van der Waals surface area contributed by atoms with Crippen LogP contribution in [-0.4, -0.2) is 30.9 Å². The van der Waals surface area contributed by atoms with E-state index in [4.69, 9.17) is 17.3 Å². The smallest absolute Gasteiger partial charge is 0.312 e. The van der Waals surface area contributed by atoms with Gasteiger partial charge in [0.05, 0.1) is 0 Å². The molecular weight excluding hydrogens is 182 g/mol. The summed E-state index contributed by atoms with van der Waals surface area (Å²) < 4.78 is 0. The monoisotopic (exact) mass is 193 g/mol. The lowest BCUT2D eigenvalue weighted by Gasteiger charge is -2.03. The zero-order chi connectivity index (χ0) is 9.40. The van der Waals surface area contributed by atoms with Crippen LogP contribution in [0.3, 0.4) is 0 Å². The molecular formula is C6H12ClN3O2. The minimum absolute atomic E-state index is 0.128. The van der Waals surface area contributed by atoms with Gasteiger partial charge in [-0.3, -0.25) is 4.79 Å². The third-order valence-electron chi connectivity index (χ3n) is 1.07. The number of primary amides is 1. The molecule has 0 bridgehead atoms. The van der Waals surface area contributed by atoms with Crippen molar-refractivity contribution in [1.29, 1.82) is 0 Å². The molecule has 0 heterocycles. The van der Waals surface area contributed by atoms with Crippen molar-refractivity contribution in [3.05, 3.63) is 0 Å². The minimum Gasteiger partial charge on any atom is -0.354 e. The first-order valence-electron chi connectivity index (χ1n) is 3.52. The number of urea groups is 1. The molecule has 0 fully saturated rings. The van der Waals surface area contributed by atoms with Gasteiger partial charge in [-0.2, -0.15) is 0 Å². The van der Waals surface area contributed by atoms with Crippen molar-refractivity contribution in [3.63, 3.8) is 0 Å². The maximum atomic E-state index is 10.7. The number of hydrogen-bond acceptors (Lipinski definition) is 2. The zero-order valence-electron chi connectivity index (χ0n) is 6.60. The van der Waals surface area contributed by atoms with Gasteiger partial charge in [-0.05, 0) is 0 Å². The Bertz CT molecular complexity index is 163. The maximum absolute atomic E-state index is 10.7. The lowest BCUT2D eigenvalue weighted by molar-refractivity contribution is -0.120. The van der Waals surface area contributed by atoms with Crippen LogP contribution in [0, 0.1) is 0 Å². The van der Waals surface area contributed by atoms with Gasteiger partial charge in [-0.1, -0.05) is 0 Å². The highest BCUT2D eigenvalue weighted by Gasteiger charge is 1.97. The Labute approximate surface area is 75.6 Å². The number of amides is 3. The number of halogens is 1. The summed E-state index contributed by atoms with van der Waals surface area (Å²) in [6.45, 7) is 0.710. The zero-order valence-corrected chi connectivity index (χ0v) is 7.36. The first kappa shape index (κ1) is 11.0. The summed E-state index contributed by atoms with van der Waals surface area (Å²) in [5.74, 6) is 0.172. The van der Waals surface area contributed by atoms with E-state index in [1.165, 1.54) is 0 Å². The number of nitrogens with two attached hydrogens (primary N) is 1. The first-order valence-corrected chi connectivity index (χ1v) is 4.06. The summed E-state index contributed by atoms with van der Waals surface area (Å²) in [5.41, 5.74) is 4.78. The lowest BCUT2D eigenvalue weighted by Crippen LogP contribution is -2.37. The Kier molecular flexibility index (Phi) is 6.18. The molecule has 5 nitrogen and oxygen atoms in total. The number of carbonyl (C=O) groups excluding carboxylic acids is 2. The third-order valence-corrected chi connectivity index (χ3v) is 1.26. The molecule has 0 radical (unpaired) electrons. The SMILES string of the molecule is NC(=O)NCCNC(=O)CCCl. The molecule has 0 aromatic heterocycles. The van der Waals surface area contributed by atoms with E-state index in [1.807, 2.05) is 0 Å². The summed E-state index contributed by atoms with van der Waals surface area (Å²) in [4.78, 5) is 20.9. The molecule has 12 heavy (non-hydrogen) atoms. The van der Waals surface area contributed by atoms with Crippen molar-refractivity contribution in [3.8, 4) is 0 Å². The van der Waals surface area contributed by atoms with E-state index in [0.717, 1.165) is 0 Å². The van der Waals surface area contributed by atoms with Crippen LogP contribution in [0.5, 0.6) is 0 Å². The van der Waals surface area contributed by atoms with Gasteiger partial charge in [-0.15, -0.1) is 11.6 Å². The van der Waals surface area contributed by atoms with Gasteiger partial charge in [0.25, 0.3) is 0 Å². The summed E-state index contributed by atoms with van der Waals surface area (Å²) >= 11 is 5.31. The fourth-order valence-electron chi connectivity index (χ4n) is 0.562. The van der Waals surface area contributed by atoms with Gasteiger partial charge in [0, 0.05) is 25.4 Å². The lowest BCUT2D eigenvalue weighted by atomic mass is 10.4. The quantitative estimate of drug-likeness (QED) is 0.403. The predicted octanol–water partition coefficient (Wildman–Crippen LogP) is -0.600. The molecule has 4 N–H and O–H groups in total. The normalized spacial score (nSPS) is 9.08. The average Bonchev–Trinajstić information content (AvgIpc) is 1.98. The number of alkyl halides is 1. The third kappa shape index (κ3) is 7.14. The van der Waals surface area contributed by atoms with Crippen molar-refractivity contribution < 1.29 is 9.59 Å². The van der Waals surface area contributed by atoms with E-state index in [9.17, 15) is 9.59 Å². The Morgan fingerprint density at radius 3 is 2.33 bits per heavy atom. The van der Waals surface area contributed by atoms with Crippen LogP contribution >= 0.6 is 11.6 Å². The Balaban J connectivity index is 3.19. The van der Waals surface area contributed by atoms with Crippen LogP contribution in [0.2, 0.25) is 0 Å². The first-order chi connectivity index (χ1) is 5.66. The van der Waals surface area contributed by atoms with Crippen LogP contribution in [0.1, 0.15) is 6.42 Å². The number of hydrogen-bond donors (Lipinski definition) is 3. The fourth-order valence-corrected chi connectivity index (χ4v) is 0.733. The van der Waals surface area contributed by atoms with Gasteiger partial charge in [0.1, 0.15) is 0 Å². The van der Waals surface area contributed by atoms with E-state index in [-0.39, 0.29) is 12.3 Å². The number of rotatable bonds is 5. The average molecular weight is 194 g/mol. The van der Waals surface area contributed by atoms with Crippen molar-refractivity contribution in [1.82, 2.24) is 10.6 Å². The molecule has 3 amide bonds. The molecule has 0 aliphatic heterocycles. The van der Waals surface area contributed by atoms with Crippen LogP contribution in [0.25, 0.3) is 0 Å². The van der Waals surface area contributed by atoms with Gasteiger partial charge in [0.2, 0.25) is 5.91 Å². The molecule has 0 aliphatic carbocycles. The molecule has 0 atom stereocenters. The highest BCUT2D eigenvalue weighted by molar-refractivity contribution is 6.18. The summed E-state index contributed by atoms with van der Waals surface area (Å²) in [6, 6.07) is -0.596. The summed E-state index contributed by atoms with van der Waals surface area (Å²) in [6.07, 6.45) is 0.290. The summed E-state index contributed by atoms with van der Waals surface area (Å²) in [5, 5.41) is 4.88. The maximum Gasteiger partial charge on any atom is 0.312 e. The van der Waals surface area contributed by atoms with Crippen molar-refractivity contribution >= 4 is 23.5 Å². The molecule has 0 aliphatic rings. The minimum atomic E-state index is -0.596. The molecule has 6 heteroatoms. The number of nitrogens with one attached hydrogen (secondary N) is 2. The largest absolute Gasteiger partial charge is 0.354 e. The molecule has 0 unspecified atom stereocenters. The standard InChI is InChI=1S/C6H12ClN3O2/c7-2-1-5(11)9-3-4-10-6(8)12/h1-4H2,(H,9,11)(H3,8,10,12). The Morgan fingerprint density at radius 2 is 1.83 bits per heavy atom. The van der Waals surface area contributed by atoms with Crippen LogP contribution in [-0.2, 0) is 4.79 Å². The van der Waals surface area contributed by atoms with Gasteiger partial charge in [-0.25, -0.2) is 4.79 Å². The molecule has 70 valence electrons. The molecule has 0 spiro atoms. The highest BCUT2D eigenvalue weighted by atomic mass is 35.5. The van der Waals surface area contributed by atoms with Crippen LogP contribution in [0.15, 0.2) is 0 Å². The van der Waals surface area contributed by atoms with E-state index < -0.39 is 6.03 Å². The van der Waals surface area contributed by atoms with E-state index in [2.05, 4.69) is 10.6 Å².